The highest BCUT2D eigenvalue weighted by Gasteiger charge is 2.26. The molecule has 0 radical (unpaired) electrons. The summed E-state index contributed by atoms with van der Waals surface area (Å²) >= 11 is 0. The third kappa shape index (κ3) is 3.01. The first kappa shape index (κ1) is 12.9. The van der Waals surface area contributed by atoms with Gasteiger partial charge in [0.2, 0.25) is 0 Å². The van der Waals surface area contributed by atoms with Gasteiger partial charge >= 0.3 is 6.09 Å². The molecule has 1 aromatic rings. The molecule has 1 fully saturated rings. The Balaban J connectivity index is 1.94. The van der Waals surface area contributed by atoms with Gasteiger partial charge in [0.25, 0.3) is 0 Å². The summed E-state index contributed by atoms with van der Waals surface area (Å²) in [6.07, 6.45) is 2.19. The maximum atomic E-state index is 12.0. The van der Waals surface area contributed by atoms with Crippen LogP contribution in [-0.2, 0) is 4.74 Å². The van der Waals surface area contributed by atoms with E-state index < -0.39 is 0 Å². The van der Waals surface area contributed by atoms with E-state index in [-0.39, 0.29) is 18.4 Å². The second-order valence-electron chi connectivity index (χ2n) is 4.69. The number of ether oxygens (including phenoxy) is 1. The zero-order valence-electron chi connectivity index (χ0n) is 10.7. The predicted molar refractivity (Wildman–Crippen MR) is 69.9 cm³/mol. The van der Waals surface area contributed by atoms with Gasteiger partial charge in [-0.3, -0.25) is 4.90 Å². The van der Waals surface area contributed by atoms with E-state index >= 15 is 0 Å². The van der Waals surface area contributed by atoms with E-state index in [1.165, 1.54) is 0 Å². The van der Waals surface area contributed by atoms with Gasteiger partial charge in [0.1, 0.15) is 6.10 Å². The average molecular weight is 248 g/mol. The maximum absolute atomic E-state index is 12.0. The topological polar surface area (TPSA) is 55.6 Å². The number of hydrogen-bond donors (Lipinski definition) is 1. The van der Waals surface area contributed by atoms with E-state index in [2.05, 4.69) is 0 Å². The number of rotatable bonds is 2. The van der Waals surface area contributed by atoms with Crippen LogP contribution in [0.4, 0.5) is 4.79 Å². The summed E-state index contributed by atoms with van der Waals surface area (Å²) in [5.41, 5.74) is 6.92. The van der Waals surface area contributed by atoms with Crippen LogP contribution in [0.1, 0.15) is 37.9 Å². The molecule has 98 valence electrons. The summed E-state index contributed by atoms with van der Waals surface area (Å²) < 4.78 is 5.45. The van der Waals surface area contributed by atoms with Gasteiger partial charge in [-0.15, -0.1) is 0 Å². The van der Waals surface area contributed by atoms with Crippen molar-refractivity contribution in [3.63, 3.8) is 0 Å². The van der Waals surface area contributed by atoms with Gasteiger partial charge in [0, 0.05) is 6.54 Å². The van der Waals surface area contributed by atoms with Crippen molar-refractivity contribution in [1.29, 1.82) is 0 Å². The van der Waals surface area contributed by atoms with Crippen LogP contribution in [0.15, 0.2) is 30.3 Å². The third-order valence-electron chi connectivity index (χ3n) is 3.33. The molecule has 0 bridgehead atoms. The molecule has 18 heavy (non-hydrogen) atoms. The number of piperidine rings is 1. The number of amides is 1. The molecule has 1 aromatic carbocycles. The van der Waals surface area contributed by atoms with Crippen molar-refractivity contribution in [3.8, 4) is 0 Å². The summed E-state index contributed by atoms with van der Waals surface area (Å²) in [6.45, 7) is 2.57. The van der Waals surface area contributed by atoms with Crippen molar-refractivity contribution in [2.75, 3.05) is 6.54 Å². The lowest BCUT2D eigenvalue weighted by atomic mass is 10.1. The maximum Gasteiger partial charge on any atom is 0.411 e. The Labute approximate surface area is 108 Å². The minimum atomic E-state index is -0.307. The zero-order valence-corrected chi connectivity index (χ0v) is 10.7. The Morgan fingerprint density at radius 2 is 2.11 bits per heavy atom. The van der Waals surface area contributed by atoms with Crippen molar-refractivity contribution in [1.82, 2.24) is 4.90 Å². The smallest absolute Gasteiger partial charge is 0.411 e. The molecule has 2 unspecified atom stereocenters. The molecule has 2 N–H and O–H groups in total. The fraction of sp³-hybridized carbons (Fsp3) is 0.500. The number of likely N-dealkylation sites (tertiary alicyclic amines) is 1. The molecule has 1 saturated heterocycles. The molecule has 4 heteroatoms. The van der Waals surface area contributed by atoms with Crippen LogP contribution in [-0.4, -0.2) is 23.7 Å². The standard InChI is InChI=1S/C14H20N2O2/c1-11(12-7-3-2-4-8-12)18-14(17)16-10-6-5-9-13(16)15/h2-4,7-8,11,13H,5-6,9-10,15H2,1H3. The number of nitrogens with two attached hydrogens (primary N) is 1. The normalized spacial score (nSPS) is 21.4. The van der Waals surface area contributed by atoms with Gasteiger partial charge in [0.15, 0.2) is 0 Å². The van der Waals surface area contributed by atoms with Gasteiger partial charge < -0.3 is 10.5 Å². The average Bonchev–Trinajstić information content (AvgIpc) is 2.40. The van der Waals surface area contributed by atoms with Gasteiger partial charge in [-0.1, -0.05) is 30.3 Å². The molecule has 2 atom stereocenters. The molecular weight excluding hydrogens is 228 g/mol. The number of nitrogens with zero attached hydrogens (tertiary/aromatic N) is 1. The summed E-state index contributed by atoms with van der Waals surface area (Å²) in [4.78, 5) is 13.6. The van der Waals surface area contributed by atoms with Crippen molar-refractivity contribution in [3.05, 3.63) is 35.9 Å². The molecular formula is C14H20N2O2. The largest absolute Gasteiger partial charge is 0.441 e. The lowest BCUT2D eigenvalue weighted by Crippen LogP contribution is -2.49. The fourth-order valence-corrected chi connectivity index (χ4v) is 2.19. The first-order chi connectivity index (χ1) is 8.68. The summed E-state index contributed by atoms with van der Waals surface area (Å²) in [7, 11) is 0. The highest BCUT2D eigenvalue weighted by atomic mass is 16.6. The monoisotopic (exact) mass is 248 g/mol. The van der Waals surface area contributed by atoms with E-state index in [0.29, 0.717) is 6.54 Å². The first-order valence-electron chi connectivity index (χ1n) is 6.46. The molecule has 0 aliphatic carbocycles. The Morgan fingerprint density at radius 3 is 2.78 bits per heavy atom. The number of carbonyl (C=O) groups is 1. The number of carbonyl (C=O) groups excluding carboxylic acids is 1. The lowest BCUT2D eigenvalue weighted by Gasteiger charge is -2.33. The molecule has 1 amide bonds. The summed E-state index contributed by atoms with van der Waals surface area (Å²) in [5, 5.41) is 0. The van der Waals surface area contributed by atoms with E-state index in [1.54, 1.807) is 4.90 Å². The Bertz CT molecular complexity index is 394. The first-order valence-corrected chi connectivity index (χ1v) is 6.46. The third-order valence-corrected chi connectivity index (χ3v) is 3.33. The predicted octanol–water partition coefficient (Wildman–Crippen LogP) is 2.65. The van der Waals surface area contributed by atoms with Crippen LogP contribution in [0.5, 0.6) is 0 Å². The quantitative estimate of drug-likeness (QED) is 0.875. The summed E-state index contributed by atoms with van der Waals surface area (Å²) in [5.74, 6) is 0. The second-order valence-corrected chi connectivity index (χ2v) is 4.69. The minimum absolute atomic E-state index is 0.200. The zero-order chi connectivity index (χ0) is 13.0. The molecule has 0 saturated carbocycles. The minimum Gasteiger partial charge on any atom is -0.441 e. The van der Waals surface area contributed by atoms with Gasteiger partial charge in [-0.05, 0) is 31.7 Å². The molecule has 0 aromatic heterocycles. The van der Waals surface area contributed by atoms with Gasteiger partial charge in [-0.2, -0.15) is 0 Å². The molecule has 2 rings (SSSR count). The highest BCUT2D eigenvalue weighted by molar-refractivity contribution is 5.68. The van der Waals surface area contributed by atoms with Crippen LogP contribution < -0.4 is 5.73 Å². The van der Waals surface area contributed by atoms with Crippen molar-refractivity contribution in [2.45, 2.75) is 38.5 Å². The number of hydrogen-bond acceptors (Lipinski definition) is 3. The molecule has 1 aliphatic heterocycles. The second kappa shape index (κ2) is 5.87. The Kier molecular flexibility index (Phi) is 4.20. The van der Waals surface area contributed by atoms with Gasteiger partial charge in [0.05, 0.1) is 6.17 Å². The van der Waals surface area contributed by atoms with Crippen LogP contribution in [0.2, 0.25) is 0 Å². The van der Waals surface area contributed by atoms with Crippen molar-refractivity contribution < 1.29 is 9.53 Å². The lowest BCUT2D eigenvalue weighted by molar-refractivity contribution is 0.0481. The molecule has 0 spiro atoms. The highest BCUT2D eigenvalue weighted by Crippen LogP contribution is 2.20. The van der Waals surface area contributed by atoms with Crippen LogP contribution in [0.25, 0.3) is 0 Å². The van der Waals surface area contributed by atoms with Crippen molar-refractivity contribution >= 4 is 6.09 Å². The summed E-state index contributed by atoms with van der Waals surface area (Å²) in [6, 6.07) is 9.72. The number of benzene rings is 1. The van der Waals surface area contributed by atoms with Crippen LogP contribution >= 0.6 is 0 Å². The molecule has 4 nitrogen and oxygen atoms in total. The molecule has 1 aliphatic rings. The van der Waals surface area contributed by atoms with E-state index in [0.717, 1.165) is 24.8 Å². The fourth-order valence-electron chi connectivity index (χ4n) is 2.19. The van der Waals surface area contributed by atoms with E-state index in [4.69, 9.17) is 10.5 Å². The van der Waals surface area contributed by atoms with Crippen LogP contribution in [0.3, 0.4) is 0 Å². The van der Waals surface area contributed by atoms with Gasteiger partial charge in [-0.25, -0.2) is 4.79 Å². The van der Waals surface area contributed by atoms with Crippen molar-refractivity contribution in [2.24, 2.45) is 5.73 Å². The SMILES string of the molecule is CC(OC(=O)N1CCCCC1N)c1ccccc1. The Hall–Kier alpha value is -1.55. The van der Waals surface area contributed by atoms with Crippen LogP contribution in [0, 0.1) is 0 Å². The van der Waals surface area contributed by atoms with E-state index in [1.807, 2.05) is 37.3 Å². The van der Waals surface area contributed by atoms with E-state index in [9.17, 15) is 4.79 Å². The Morgan fingerprint density at radius 1 is 1.39 bits per heavy atom. The molecule has 1 heterocycles.